The Labute approximate surface area is 214 Å². The predicted molar refractivity (Wildman–Crippen MR) is 146 cm³/mol. The van der Waals surface area contributed by atoms with E-state index in [0.717, 1.165) is 68.4 Å². The fraction of sp³-hybridized carbons (Fsp3) is 0.552. The quantitative estimate of drug-likeness (QED) is 0.511. The van der Waals surface area contributed by atoms with E-state index in [9.17, 15) is 4.79 Å². The van der Waals surface area contributed by atoms with E-state index in [2.05, 4.69) is 57.2 Å². The highest BCUT2D eigenvalue weighted by atomic mass is 16.2. The van der Waals surface area contributed by atoms with Crippen LogP contribution in [0.25, 0.3) is 21.9 Å². The van der Waals surface area contributed by atoms with Crippen molar-refractivity contribution in [2.75, 3.05) is 38.0 Å². The first kappa shape index (κ1) is 24.9. The molecule has 2 fully saturated rings. The smallest absolute Gasteiger partial charge is 0.229 e. The summed E-state index contributed by atoms with van der Waals surface area (Å²) < 4.78 is 2.01. The largest absolute Gasteiger partial charge is 0.310 e. The Bertz CT molecular complexity index is 1200. The molecule has 36 heavy (non-hydrogen) atoms. The Balaban J connectivity index is 1.33. The molecule has 1 amide bonds. The zero-order valence-electron chi connectivity index (χ0n) is 22.0. The Kier molecular flexibility index (Phi) is 7.67. The molecule has 2 saturated heterocycles. The highest BCUT2D eigenvalue weighted by Gasteiger charge is 2.26. The summed E-state index contributed by atoms with van der Waals surface area (Å²) >= 11 is 0. The van der Waals surface area contributed by atoms with Gasteiger partial charge in [-0.2, -0.15) is 5.10 Å². The lowest BCUT2D eigenvalue weighted by molar-refractivity contribution is -0.121. The number of fused-ring (bicyclic) bond motifs is 1. The third kappa shape index (κ3) is 5.79. The zero-order chi connectivity index (χ0) is 25.1. The Morgan fingerprint density at radius 2 is 1.83 bits per heavy atom. The number of pyridine rings is 1. The highest BCUT2D eigenvalue weighted by molar-refractivity contribution is 5.95. The zero-order valence-corrected chi connectivity index (χ0v) is 22.0. The third-order valence-corrected chi connectivity index (χ3v) is 7.67. The van der Waals surface area contributed by atoms with Crippen LogP contribution in [-0.4, -0.2) is 63.2 Å². The van der Waals surface area contributed by atoms with Crippen LogP contribution in [0.3, 0.4) is 0 Å². The Morgan fingerprint density at radius 3 is 2.64 bits per heavy atom. The fourth-order valence-corrected chi connectivity index (χ4v) is 5.78. The molecule has 4 heterocycles. The normalized spacial score (nSPS) is 19.7. The topological polar surface area (TPSA) is 66.3 Å². The molecule has 0 bridgehead atoms. The van der Waals surface area contributed by atoms with Crippen LogP contribution in [-0.2, 0) is 18.4 Å². The van der Waals surface area contributed by atoms with E-state index < -0.39 is 0 Å². The molecule has 5 rings (SSSR count). The van der Waals surface area contributed by atoms with Gasteiger partial charge in [0.05, 0.1) is 17.8 Å². The summed E-state index contributed by atoms with van der Waals surface area (Å²) in [4.78, 5) is 22.6. The van der Waals surface area contributed by atoms with Crippen molar-refractivity contribution in [1.82, 2.24) is 24.6 Å². The number of benzene rings is 1. The van der Waals surface area contributed by atoms with Gasteiger partial charge in [-0.05, 0) is 74.3 Å². The van der Waals surface area contributed by atoms with Crippen LogP contribution in [0.4, 0.5) is 5.82 Å². The van der Waals surface area contributed by atoms with Crippen molar-refractivity contribution in [1.29, 1.82) is 0 Å². The fourth-order valence-electron chi connectivity index (χ4n) is 5.78. The van der Waals surface area contributed by atoms with Gasteiger partial charge >= 0.3 is 0 Å². The standard InChI is InChI=1S/C29H40N6O/c1-21(2)18-35-13-7-8-24(19-35)29(36)32-28-15-25-14-22(9-10-23(25)16-30-28)26-17-31-33(3)27(26)20-34-11-5-4-6-12-34/h9-10,14-17,21,24H,4-8,11-13,18-20H2,1-3H3,(H,30,32,36)/t24-/m1/s1. The molecule has 1 atom stereocenters. The Morgan fingerprint density at radius 1 is 1.03 bits per heavy atom. The van der Waals surface area contributed by atoms with E-state index >= 15 is 0 Å². The molecule has 0 unspecified atom stereocenters. The minimum Gasteiger partial charge on any atom is -0.310 e. The number of hydrogen-bond donors (Lipinski definition) is 1. The van der Waals surface area contributed by atoms with Gasteiger partial charge in [0, 0.05) is 43.8 Å². The molecule has 2 aromatic heterocycles. The summed E-state index contributed by atoms with van der Waals surface area (Å²) in [5, 5.41) is 9.84. The number of rotatable bonds is 7. The molecule has 2 aliphatic heterocycles. The molecule has 0 aliphatic carbocycles. The van der Waals surface area contributed by atoms with Crippen LogP contribution in [0.1, 0.15) is 51.6 Å². The Hall–Kier alpha value is -2.77. The monoisotopic (exact) mass is 488 g/mol. The lowest BCUT2D eigenvalue weighted by Gasteiger charge is -2.32. The third-order valence-electron chi connectivity index (χ3n) is 7.67. The van der Waals surface area contributed by atoms with E-state index in [-0.39, 0.29) is 11.8 Å². The lowest BCUT2D eigenvalue weighted by Crippen LogP contribution is -2.42. The second kappa shape index (κ2) is 11.1. The first-order valence-corrected chi connectivity index (χ1v) is 13.6. The number of likely N-dealkylation sites (tertiary alicyclic amines) is 2. The molecular formula is C29H40N6O. The molecule has 7 heteroatoms. The maximum atomic E-state index is 13.1. The maximum absolute atomic E-state index is 13.1. The van der Waals surface area contributed by atoms with Crippen molar-refractivity contribution in [3.05, 3.63) is 42.4 Å². The molecule has 7 nitrogen and oxygen atoms in total. The summed E-state index contributed by atoms with van der Waals surface area (Å²) in [5.74, 6) is 1.35. The predicted octanol–water partition coefficient (Wildman–Crippen LogP) is 4.93. The summed E-state index contributed by atoms with van der Waals surface area (Å²) in [6.07, 6.45) is 9.75. The van der Waals surface area contributed by atoms with E-state index in [1.54, 1.807) is 0 Å². The second-order valence-corrected chi connectivity index (χ2v) is 11.1. The molecule has 192 valence electrons. The number of anilines is 1. The van der Waals surface area contributed by atoms with Crippen LogP contribution >= 0.6 is 0 Å². The van der Waals surface area contributed by atoms with Gasteiger partial charge in [0.15, 0.2) is 0 Å². The molecule has 1 N–H and O–H groups in total. The van der Waals surface area contributed by atoms with Crippen molar-refractivity contribution < 1.29 is 4.79 Å². The van der Waals surface area contributed by atoms with Crippen molar-refractivity contribution >= 4 is 22.5 Å². The van der Waals surface area contributed by atoms with Crippen molar-refractivity contribution in [3.8, 4) is 11.1 Å². The van der Waals surface area contributed by atoms with Crippen LogP contribution in [0.15, 0.2) is 36.7 Å². The number of aromatic nitrogens is 3. The number of piperidine rings is 2. The number of carbonyl (C=O) groups is 1. The van der Waals surface area contributed by atoms with E-state index in [0.29, 0.717) is 11.7 Å². The number of nitrogens with zero attached hydrogens (tertiary/aromatic N) is 5. The molecule has 2 aliphatic rings. The number of amides is 1. The van der Waals surface area contributed by atoms with Crippen molar-refractivity contribution in [3.63, 3.8) is 0 Å². The number of aryl methyl sites for hydroxylation is 1. The number of nitrogens with one attached hydrogen (secondary N) is 1. The summed E-state index contributed by atoms with van der Waals surface area (Å²) in [6, 6.07) is 8.48. The van der Waals surface area contributed by atoms with Crippen molar-refractivity contribution in [2.24, 2.45) is 18.9 Å². The average Bonchev–Trinajstić information content (AvgIpc) is 3.23. The molecule has 0 saturated carbocycles. The maximum Gasteiger partial charge on any atom is 0.229 e. The molecular weight excluding hydrogens is 448 g/mol. The van der Waals surface area contributed by atoms with Crippen LogP contribution in [0, 0.1) is 11.8 Å². The minimum atomic E-state index is 0.0223. The average molecular weight is 489 g/mol. The van der Waals surface area contributed by atoms with Gasteiger partial charge in [0.1, 0.15) is 5.82 Å². The number of carbonyl (C=O) groups excluding carboxylic acids is 1. The van der Waals surface area contributed by atoms with Gasteiger partial charge in [-0.1, -0.05) is 32.4 Å². The van der Waals surface area contributed by atoms with Gasteiger partial charge in [-0.25, -0.2) is 4.98 Å². The molecule has 1 aromatic carbocycles. The summed E-state index contributed by atoms with van der Waals surface area (Å²) in [7, 11) is 2.04. The van der Waals surface area contributed by atoms with Gasteiger partial charge in [0.2, 0.25) is 5.91 Å². The second-order valence-electron chi connectivity index (χ2n) is 11.1. The molecule has 0 radical (unpaired) electrons. The summed E-state index contributed by atoms with van der Waals surface area (Å²) in [6.45, 7) is 10.7. The van der Waals surface area contributed by atoms with E-state index in [1.807, 2.05) is 30.2 Å². The molecule has 0 spiro atoms. The first-order chi connectivity index (χ1) is 17.5. The van der Waals surface area contributed by atoms with E-state index in [1.165, 1.54) is 30.5 Å². The van der Waals surface area contributed by atoms with E-state index in [4.69, 9.17) is 0 Å². The molecule has 3 aromatic rings. The highest BCUT2D eigenvalue weighted by Crippen LogP contribution is 2.29. The number of hydrogen-bond acceptors (Lipinski definition) is 5. The first-order valence-electron chi connectivity index (χ1n) is 13.6. The van der Waals surface area contributed by atoms with Crippen LogP contribution in [0.5, 0.6) is 0 Å². The van der Waals surface area contributed by atoms with Gasteiger partial charge in [-0.15, -0.1) is 0 Å². The SMILES string of the molecule is CC(C)CN1CCC[C@@H](C(=O)Nc2cc3cc(-c4cnn(C)c4CN4CCCCC4)ccc3cn2)C1. The van der Waals surface area contributed by atoms with Crippen molar-refractivity contribution in [2.45, 2.75) is 52.5 Å². The van der Waals surface area contributed by atoms with Gasteiger partial charge in [0.25, 0.3) is 0 Å². The van der Waals surface area contributed by atoms with Gasteiger partial charge < -0.3 is 10.2 Å². The minimum absolute atomic E-state index is 0.0223. The summed E-state index contributed by atoms with van der Waals surface area (Å²) in [5.41, 5.74) is 3.59. The van der Waals surface area contributed by atoms with Crippen LogP contribution < -0.4 is 5.32 Å². The van der Waals surface area contributed by atoms with Gasteiger partial charge in [-0.3, -0.25) is 14.4 Å². The lowest BCUT2D eigenvalue weighted by atomic mass is 9.96. The van der Waals surface area contributed by atoms with Crippen LogP contribution in [0.2, 0.25) is 0 Å².